The van der Waals surface area contributed by atoms with Crippen molar-refractivity contribution in [1.29, 1.82) is 0 Å². The lowest BCUT2D eigenvalue weighted by atomic mass is 10.1. The molecule has 1 unspecified atom stereocenters. The summed E-state index contributed by atoms with van der Waals surface area (Å²) in [6.45, 7) is 1.70. The van der Waals surface area contributed by atoms with Crippen molar-refractivity contribution in [2.45, 2.75) is 32.0 Å². The minimum absolute atomic E-state index is 0.343. The Morgan fingerprint density at radius 2 is 2.00 bits per heavy atom. The summed E-state index contributed by atoms with van der Waals surface area (Å²) < 4.78 is 52.9. The molecule has 1 aromatic carbocycles. The van der Waals surface area contributed by atoms with Gasteiger partial charge in [0.15, 0.2) is 0 Å². The smallest absolute Gasteiger partial charge is 0.428 e. The van der Waals surface area contributed by atoms with E-state index >= 15 is 0 Å². The molecule has 1 atom stereocenters. The number of halogens is 4. The zero-order valence-electron chi connectivity index (χ0n) is 9.04. The molecule has 0 radical (unpaired) electrons. The van der Waals surface area contributed by atoms with Gasteiger partial charge in [0.1, 0.15) is 5.75 Å². The third-order valence-corrected chi connectivity index (χ3v) is 2.14. The molecule has 0 saturated carbocycles. The minimum atomic E-state index is -4.53. The summed E-state index contributed by atoms with van der Waals surface area (Å²) in [5, 5.41) is 9.47. The van der Waals surface area contributed by atoms with Crippen LogP contribution in [0.4, 0.5) is 17.6 Å². The van der Waals surface area contributed by atoms with Gasteiger partial charge >= 0.3 is 12.5 Å². The van der Waals surface area contributed by atoms with Crippen molar-refractivity contribution >= 4 is 0 Å². The van der Waals surface area contributed by atoms with Gasteiger partial charge < -0.3 is 9.84 Å². The minimum Gasteiger partial charge on any atom is -0.428 e. The van der Waals surface area contributed by atoms with Gasteiger partial charge in [-0.1, -0.05) is 19.1 Å². The first-order valence-corrected chi connectivity index (χ1v) is 4.99. The molecule has 0 bridgehead atoms. The van der Waals surface area contributed by atoms with Gasteiger partial charge in [-0.2, -0.15) is 17.6 Å². The number of alkyl halides is 4. The Morgan fingerprint density at radius 3 is 2.53 bits per heavy atom. The van der Waals surface area contributed by atoms with Gasteiger partial charge in [0.05, 0.1) is 6.10 Å². The molecule has 6 heteroatoms. The Hall–Kier alpha value is -1.30. The Morgan fingerprint density at radius 1 is 1.35 bits per heavy atom. The number of benzene rings is 1. The second kappa shape index (κ2) is 5.35. The summed E-state index contributed by atoms with van der Waals surface area (Å²) in [6.07, 6.45) is -8.88. The summed E-state index contributed by atoms with van der Waals surface area (Å²) in [6, 6.07) is 5.10. The molecule has 1 N–H and O–H groups in total. The van der Waals surface area contributed by atoms with Gasteiger partial charge in [-0.15, -0.1) is 0 Å². The molecule has 0 aliphatic rings. The molecule has 1 aromatic rings. The maximum Gasteiger partial charge on any atom is 0.461 e. The largest absolute Gasteiger partial charge is 0.461 e. The Bertz CT molecular complexity index is 368. The lowest BCUT2D eigenvalue weighted by molar-refractivity contribution is -0.253. The molecule has 0 spiro atoms. The van der Waals surface area contributed by atoms with E-state index in [1.54, 1.807) is 6.92 Å². The topological polar surface area (TPSA) is 29.5 Å². The molecule has 0 saturated heterocycles. The molecule has 0 aromatic heterocycles. The molecule has 0 amide bonds. The standard InChI is InChI=1S/C11H12F4O2/c1-2-9(16)7-4-3-5-8(6-7)17-11(14,15)10(12)13/h3-6,9-10,16H,2H2,1H3. The third kappa shape index (κ3) is 3.59. The molecule has 0 fully saturated rings. The second-order valence-corrected chi connectivity index (χ2v) is 3.46. The Balaban J connectivity index is 2.86. The zero-order valence-corrected chi connectivity index (χ0v) is 9.04. The summed E-state index contributed by atoms with van der Waals surface area (Å²) in [5.74, 6) is -0.403. The molecule has 1 rings (SSSR count). The predicted molar refractivity (Wildman–Crippen MR) is 53.3 cm³/mol. The van der Waals surface area contributed by atoms with Crippen molar-refractivity contribution in [3.63, 3.8) is 0 Å². The van der Waals surface area contributed by atoms with E-state index in [0.29, 0.717) is 12.0 Å². The molecular formula is C11H12F4O2. The van der Waals surface area contributed by atoms with Crippen molar-refractivity contribution in [2.24, 2.45) is 0 Å². The fourth-order valence-corrected chi connectivity index (χ4v) is 1.22. The summed E-state index contributed by atoms with van der Waals surface area (Å²) in [4.78, 5) is 0. The van der Waals surface area contributed by atoms with Gasteiger partial charge in [0.25, 0.3) is 0 Å². The lowest BCUT2D eigenvalue weighted by Gasteiger charge is -2.17. The van der Waals surface area contributed by atoms with E-state index in [1.807, 2.05) is 0 Å². The number of hydrogen-bond donors (Lipinski definition) is 1. The van der Waals surface area contributed by atoms with Gasteiger partial charge in [-0.3, -0.25) is 0 Å². The van der Waals surface area contributed by atoms with Crippen molar-refractivity contribution in [1.82, 2.24) is 0 Å². The number of hydrogen-bond acceptors (Lipinski definition) is 2. The highest BCUT2D eigenvalue weighted by atomic mass is 19.3. The van der Waals surface area contributed by atoms with E-state index in [4.69, 9.17) is 0 Å². The van der Waals surface area contributed by atoms with Crippen LogP contribution in [0.2, 0.25) is 0 Å². The highest BCUT2D eigenvalue weighted by molar-refractivity contribution is 5.30. The first-order valence-electron chi connectivity index (χ1n) is 4.99. The van der Waals surface area contributed by atoms with Gasteiger partial charge in [-0.05, 0) is 24.1 Å². The van der Waals surface area contributed by atoms with Crippen LogP contribution in [-0.4, -0.2) is 17.6 Å². The summed E-state index contributed by atoms with van der Waals surface area (Å²) in [5.41, 5.74) is 0.343. The van der Waals surface area contributed by atoms with Gasteiger partial charge in [0, 0.05) is 0 Å². The van der Waals surface area contributed by atoms with Crippen LogP contribution < -0.4 is 4.74 Å². The Kier molecular flexibility index (Phi) is 4.34. The summed E-state index contributed by atoms with van der Waals surface area (Å²) >= 11 is 0. The average molecular weight is 252 g/mol. The van der Waals surface area contributed by atoms with Gasteiger partial charge in [-0.25, -0.2) is 0 Å². The maximum absolute atomic E-state index is 12.6. The maximum atomic E-state index is 12.6. The van der Waals surface area contributed by atoms with Crippen LogP contribution >= 0.6 is 0 Å². The van der Waals surface area contributed by atoms with Crippen LogP contribution in [0.25, 0.3) is 0 Å². The molecule has 0 aliphatic carbocycles. The number of rotatable bonds is 5. The molecule has 2 nitrogen and oxygen atoms in total. The third-order valence-electron chi connectivity index (χ3n) is 2.14. The van der Waals surface area contributed by atoms with Crippen molar-refractivity contribution in [2.75, 3.05) is 0 Å². The van der Waals surface area contributed by atoms with Crippen molar-refractivity contribution < 1.29 is 27.4 Å². The molecule has 0 heterocycles. The van der Waals surface area contributed by atoms with Crippen molar-refractivity contribution in [3.05, 3.63) is 29.8 Å². The normalized spacial score (nSPS) is 13.8. The quantitative estimate of drug-likeness (QED) is 0.814. The van der Waals surface area contributed by atoms with Crippen LogP contribution in [0.5, 0.6) is 5.75 Å². The second-order valence-electron chi connectivity index (χ2n) is 3.46. The lowest BCUT2D eigenvalue weighted by Crippen LogP contribution is -2.33. The number of ether oxygens (including phenoxy) is 1. The van der Waals surface area contributed by atoms with E-state index in [-0.39, 0.29) is 0 Å². The van der Waals surface area contributed by atoms with Crippen molar-refractivity contribution in [3.8, 4) is 5.75 Å². The van der Waals surface area contributed by atoms with Crippen LogP contribution in [0, 0.1) is 0 Å². The van der Waals surface area contributed by atoms with Crippen LogP contribution in [-0.2, 0) is 0 Å². The predicted octanol–water partition coefficient (Wildman–Crippen LogP) is 3.37. The van der Waals surface area contributed by atoms with E-state index in [1.165, 1.54) is 12.1 Å². The van der Waals surface area contributed by atoms with Crippen LogP contribution in [0.15, 0.2) is 24.3 Å². The Labute approximate surface area is 95.8 Å². The molecule has 17 heavy (non-hydrogen) atoms. The molecule has 96 valence electrons. The average Bonchev–Trinajstić information content (AvgIpc) is 2.27. The molecule has 0 aliphatic heterocycles. The van der Waals surface area contributed by atoms with E-state index in [9.17, 15) is 22.7 Å². The summed E-state index contributed by atoms with van der Waals surface area (Å²) in [7, 11) is 0. The molecular weight excluding hydrogens is 240 g/mol. The zero-order chi connectivity index (χ0) is 13.1. The SMILES string of the molecule is CCC(O)c1cccc(OC(F)(F)C(F)F)c1. The fraction of sp³-hybridized carbons (Fsp3) is 0.455. The highest BCUT2D eigenvalue weighted by Crippen LogP contribution is 2.29. The highest BCUT2D eigenvalue weighted by Gasteiger charge is 2.43. The fourth-order valence-electron chi connectivity index (χ4n) is 1.22. The van der Waals surface area contributed by atoms with E-state index < -0.39 is 24.4 Å². The first kappa shape index (κ1) is 13.8. The number of aliphatic hydroxyl groups is 1. The van der Waals surface area contributed by atoms with Crippen LogP contribution in [0.1, 0.15) is 25.0 Å². The first-order chi connectivity index (χ1) is 7.86. The monoisotopic (exact) mass is 252 g/mol. The van der Waals surface area contributed by atoms with Crippen LogP contribution in [0.3, 0.4) is 0 Å². The van der Waals surface area contributed by atoms with E-state index in [0.717, 1.165) is 12.1 Å². The van der Waals surface area contributed by atoms with Gasteiger partial charge in [0.2, 0.25) is 0 Å². The number of aliphatic hydroxyl groups excluding tert-OH is 1. The van der Waals surface area contributed by atoms with E-state index in [2.05, 4.69) is 4.74 Å².